The number of carbonyl (C=O) groups excluding carboxylic acids is 1. The minimum absolute atomic E-state index is 0.0200. The number of hydrogen-bond donors (Lipinski definition) is 1. The van der Waals surface area contributed by atoms with Crippen molar-refractivity contribution in [2.24, 2.45) is 0 Å². The number of nitrogens with one attached hydrogen (secondary N) is 1. The van der Waals surface area contributed by atoms with Gasteiger partial charge in [-0.3, -0.25) is 4.79 Å². The van der Waals surface area contributed by atoms with E-state index < -0.39 is 11.7 Å². The topological polar surface area (TPSA) is 45.2 Å². The Morgan fingerprint density at radius 1 is 1.13 bits per heavy atom. The molecule has 0 unspecified atom stereocenters. The van der Waals surface area contributed by atoms with Crippen molar-refractivity contribution in [1.82, 2.24) is 10.3 Å². The number of hydrogen-bond acceptors (Lipinski definition) is 4. The number of anilines is 1. The highest BCUT2D eigenvalue weighted by Gasteiger charge is 2.31. The van der Waals surface area contributed by atoms with Gasteiger partial charge in [0, 0.05) is 30.2 Å². The summed E-state index contributed by atoms with van der Waals surface area (Å²) in [5.41, 5.74) is 2.09. The fourth-order valence-corrected chi connectivity index (χ4v) is 4.82. The van der Waals surface area contributed by atoms with Crippen molar-refractivity contribution < 1.29 is 18.0 Å². The van der Waals surface area contributed by atoms with E-state index in [1.165, 1.54) is 23.6 Å². The Morgan fingerprint density at radius 3 is 2.60 bits per heavy atom. The maximum atomic E-state index is 12.7. The van der Waals surface area contributed by atoms with Gasteiger partial charge in [-0.15, -0.1) is 11.8 Å². The van der Waals surface area contributed by atoms with Crippen LogP contribution in [-0.2, 0) is 23.8 Å². The van der Waals surface area contributed by atoms with Gasteiger partial charge in [-0.05, 0) is 67.5 Å². The number of nitrogens with zero attached hydrogens (tertiary/aromatic N) is 2. The van der Waals surface area contributed by atoms with Gasteiger partial charge < -0.3 is 10.2 Å². The molecular weight excluding hydrogens is 411 g/mol. The van der Waals surface area contributed by atoms with Crippen molar-refractivity contribution in [3.63, 3.8) is 0 Å². The average Bonchev–Trinajstić information content (AvgIpc) is 3.20. The van der Waals surface area contributed by atoms with E-state index in [0.29, 0.717) is 24.7 Å². The van der Waals surface area contributed by atoms with Crippen LogP contribution in [0.2, 0.25) is 0 Å². The molecule has 0 spiro atoms. The van der Waals surface area contributed by atoms with Gasteiger partial charge in [-0.1, -0.05) is 6.07 Å². The second-order valence-corrected chi connectivity index (χ2v) is 8.85. The molecule has 160 valence electrons. The first-order chi connectivity index (χ1) is 14.4. The SMILES string of the molecule is O=C(CSc1ccc2c(c1)CCC2)NC1CCN(c2ccc(C(F)(F)F)cn2)CC1. The quantitative estimate of drug-likeness (QED) is 0.704. The van der Waals surface area contributed by atoms with Crippen molar-refractivity contribution in [2.45, 2.75) is 49.2 Å². The summed E-state index contributed by atoms with van der Waals surface area (Å²) in [6.07, 6.45) is 1.49. The molecule has 0 radical (unpaired) electrons. The van der Waals surface area contributed by atoms with Gasteiger partial charge in [-0.25, -0.2) is 4.98 Å². The predicted octanol–water partition coefficient (Wildman–Crippen LogP) is 4.47. The van der Waals surface area contributed by atoms with Crippen LogP contribution in [-0.4, -0.2) is 35.8 Å². The molecule has 4 rings (SSSR count). The molecule has 1 aromatic carbocycles. The van der Waals surface area contributed by atoms with Crippen molar-refractivity contribution in [3.05, 3.63) is 53.2 Å². The zero-order chi connectivity index (χ0) is 21.1. The molecule has 0 bridgehead atoms. The van der Waals surface area contributed by atoms with Crippen LogP contribution in [0.15, 0.2) is 41.4 Å². The van der Waals surface area contributed by atoms with E-state index >= 15 is 0 Å². The predicted molar refractivity (Wildman–Crippen MR) is 112 cm³/mol. The molecule has 2 aromatic rings. The molecule has 1 fully saturated rings. The molecule has 1 saturated heterocycles. The lowest BCUT2D eigenvalue weighted by Crippen LogP contribution is -2.45. The standard InChI is InChI=1S/C22H24F3N3OS/c23-22(24,25)17-5-7-20(26-13-17)28-10-8-18(9-11-28)27-21(29)14-30-19-6-4-15-2-1-3-16(15)12-19/h4-7,12-13,18H,1-3,8-11,14H2,(H,27,29). The Hall–Kier alpha value is -2.22. The molecule has 30 heavy (non-hydrogen) atoms. The Bertz CT molecular complexity index is 893. The highest BCUT2D eigenvalue weighted by Crippen LogP contribution is 2.30. The molecule has 1 N–H and O–H groups in total. The van der Waals surface area contributed by atoms with Crippen molar-refractivity contribution in [1.29, 1.82) is 0 Å². The smallest absolute Gasteiger partial charge is 0.356 e. The molecule has 1 amide bonds. The van der Waals surface area contributed by atoms with Crippen LogP contribution in [0.5, 0.6) is 0 Å². The number of thioether (sulfide) groups is 1. The number of piperidine rings is 1. The third-order valence-corrected chi connectivity index (χ3v) is 6.69. The third kappa shape index (κ3) is 5.09. The number of alkyl halides is 3. The summed E-state index contributed by atoms with van der Waals surface area (Å²) >= 11 is 1.56. The van der Waals surface area contributed by atoms with Crippen LogP contribution < -0.4 is 10.2 Å². The molecule has 4 nitrogen and oxygen atoms in total. The summed E-state index contributed by atoms with van der Waals surface area (Å²) < 4.78 is 38.0. The summed E-state index contributed by atoms with van der Waals surface area (Å²) in [4.78, 5) is 19.4. The summed E-state index contributed by atoms with van der Waals surface area (Å²) in [6, 6.07) is 9.03. The Morgan fingerprint density at radius 2 is 1.90 bits per heavy atom. The number of aromatic nitrogens is 1. The maximum absolute atomic E-state index is 12.7. The van der Waals surface area contributed by atoms with Gasteiger partial charge in [0.25, 0.3) is 0 Å². The number of benzene rings is 1. The largest absolute Gasteiger partial charge is 0.417 e. The summed E-state index contributed by atoms with van der Waals surface area (Å²) in [7, 11) is 0. The minimum Gasteiger partial charge on any atom is -0.356 e. The van der Waals surface area contributed by atoms with E-state index in [-0.39, 0.29) is 11.9 Å². The van der Waals surface area contributed by atoms with E-state index in [4.69, 9.17) is 0 Å². The Labute approximate surface area is 178 Å². The van der Waals surface area contributed by atoms with Gasteiger partial charge in [0.2, 0.25) is 5.91 Å². The molecule has 2 aliphatic rings. The maximum Gasteiger partial charge on any atom is 0.417 e. The Balaban J connectivity index is 1.22. The lowest BCUT2D eigenvalue weighted by Gasteiger charge is -2.33. The molecule has 2 heterocycles. The highest BCUT2D eigenvalue weighted by atomic mass is 32.2. The van der Waals surface area contributed by atoms with E-state index in [9.17, 15) is 18.0 Å². The highest BCUT2D eigenvalue weighted by molar-refractivity contribution is 8.00. The van der Waals surface area contributed by atoms with Gasteiger partial charge in [0.15, 0.2) is 0 Å². The molecule has 1 aliphatic carbocycles. The fraction of sp³-hybridized carbons (Fsp3) is 0.455. The first-order valence-corrected chi connectivity index (χ1v) is 11.2. The number of pyridine rings is 1. The molecule has 0 saturated carbocycles. The molecule has 0 atom stereocenters. The number of aryl methyl sites for hydroxylation is 2. The summed E-state index contributed by atoms with van der Waals surface area (Å²) in [6.45, 7) is 1.31. The number of rotatable bonds is 5. The molecular formula is C22H24F3N3OS. The van der Waals surface area contributed by atoms with E-state index in [1.54, 1.807) is 11.8 Å². The van der Waals surface area contributed by atoms with Crippen LogP contribution >= 0.6 is 11.8 Å². The van der Waals surface area contributed by atoms with Crippen LogP contribution in [0.1, 0.15) is 36.0 Å². The first kappa shape index (κ1) is 21.0. The fourth-order valence-electron chi connectivity index (χ4n) is 4.05. The van der Waals surface area contributed by atoms with Crippen LogP contribution in [0, 0.1) is 0 Å². The number of amides is 1. The van der Waals surface area contributed by atoms with Crippen LogP contribution in [0.4, 0.5) is 19.0 Å². The summed E-state index contributed by atoms with van der Waals surface area (Å²) in [5, 5.41) is 3.09. The van der Waals surface area contributed by atoms with Gasteiger partial charge in [-0.2, -0.15) is 13.2 Å². The second-order valence-electron chi connectivity index (χ2n) is 7.80. The zero-order valence-electron chi connectivity index (χ0n) is 16.5. The summed E-state index contributed by atoms with van der Waals surface area (Å²) in [5.74, 6) is 0.950. The van der Waals surface area contributed by atoms with E-state index in [2.05, 4.69) is 28.5 Å². The Kier molecular flexibility index (Phi) is 6.22. The molecule has 8 heteroatoms. The average molecular weight is 436 g/mol. The molecule has 1 aromatic heterocycles. The normalized spacial score (nSPS) is 17.1. The number of fused-ring (bicyclic) bond motifs is 1. The van der Waals surface area contributed by atoms with Crippen molar-refractivity contribution in [3.8, 4) is 0 Å². The third-order valence-electron chi connectivity index (χ3n) is 5.70. The lowest BCUT2D eigenvalue weighted by atomic mass is 10.0. The second kappa shape index (κ2) is 8.88. The first-order valence-electron chi connectivity index (χ1n) is 10.2. The lowest BCUT2D eigenvalue weighted by molar-refractivity contribution is -0.137. The minimum atomic E-state index is -4.37. The van der Waals surface area contributed by atoms with Gasteiger partial charge >= 0.3 is 6.18 Å². The number of halogens is 3. The van der Waals surface area contributed by atoms with Crippen molar-refractivity contribution in [2.75, 3.05) is 23.7 Å². The van der Waals surface area contributed by atoms with Gasteiger partial charge in [0.1, 0.15) is 5.82 Å². The number of carbonyl (C=O) groups is 1. The zero-order valence-corrected chi connectivity index (χ0v) is 17.4. The van der Waals surface area contributed by atoms with E-state index in [1.807, 2.05) is 4.90 Å². The molecule has 1 aliphatic heterocycles. The van der Waals surface area contributed by atoms with Crippen molar-refractivity contribution >= 4 is 23.5 Å². The van der Waals surface area contributed by atoms with Crippen LogP contribution in [0.25, 0.3) is 0 Å². The van der Waals surface area contributed by atoms with Gasteiger partial charge in [0.05, 0.1) is 11.3 Å². The monoisotopic (exact) mass is 435 g/mol. The van der Waals surface area contributed by atoms with E-state index in [0.717, 1.165) is 42.8 Å². The van der Waals surface area contributed by atoms with Crippen LogP contribution in [0.3, 0.4) is 0 Å².